The number of hydrogen-bond donors (Lipinski definition) is 2. The Kier molecular flexibility index (Phi) is 5.98. The van der Waals surface area contributed by atoms with E-state index in [1.54, 1.807) is 7.11 Å². The van der Waals surface area contributed by atoms with Gasteiger partial charge in [0.05, 0.1) is 6.10 Å². The summed E-state index contributed by atoms with van der Waals surface area (Å²) in [5.41, 5.74) is 0. The Labute approximate surface area is 126 Å². The van der Waals surface area contributed by atoms with Gasteiger partial charge in [-0.25, -0.2) is 0 Å². The molecule has 2 heterocycles. The Morgan fingerprint density at radius 2 is 1.76 bits per heavy atom. The first-order valence-electron chi connectivity index (χ1n) is 7.74. The molecule has 0 aromatic carbocycles. The maximum absolute atomic E-state index is 5.24. The van der Waals surface area contributed by atoms with Crippen LogP contribution in [0.1, 0.15) is 33.1 Å². The molecule has 0 bridgehead atoms. The minimum Gasteiger partial charge on any atom is -0.380 e. The van der Waals surface area contributed by atoms with Crippen LogP contribution in [0.2, 0.25) is 0 Å². The van der Waals surface area contributed by atoms with Crippen molar-refractivity contribution in [3.63, 3.8) is 0 Å². The summed E-state index contributed by atoms with van der Waals surface area (Å²) in [7, 11) is 1.70. The molecule has 0 saturated carbocycles. The van der Waals surface area contributed by atoms with Gasteiger partial charge in [0.1, 0.15) is 0 Å². The molecule has 1 aromatic rings. The number of piperidine rings is 1. The molecule has 1 saturated heterocycles. The second-order valence-electron chi connectivity index (χ2n) is 5.29. The molecular formula is C14H26N6O. The van der Waals surface area contributed by atoms with Crippen LogP contribution in [0.5, 0.6) is 0 Å². The highest BCUT2D eigenvalue weighted by atomic mass is 16.5. The maximum Gasteiger partial charge on any atom is 0.231 e. The van der Waals surface area contributed by atoms with Gasteiger partial charge < -0.3 is 20.3 Å². The molecule has 7 heteroatoms. The van der Waals surface area contributed by atoms with Crippen LogP contribution in [0.25, 0.3) is 0 Å². The zero-order chi connectivity index (χ0) is 15.1. The highest BCUT2D eigenvalue weighted by Gasteiger charge is 2.16. The molecule has 7 nitrogen and oxygen atoms in total. The fraction of sp³-hybridized carbons (Fsp3) is 0.786. The van der Waals surface area contributed by atoms with E-state index in [0.29, 0.717) is 18.4 Å². The van der Waals surface area contributed by atoms with Gasteiger partial charge in [0.25, 0.3) is 0 Å². The summed E-state index contributed by atoms with van der Waals surface area (Å²) in [5.74, 6) is 1.99. The third kappa shape index (κ3) is 4.70. The first-order chi connectivity index (χ1) is 10.2. The summed E-state index contributed by atoms with van der Waals surface area (Å²) in [6.07, 6.45) is 3.80. The lowest BCUT2D eigenvalue weighted by molar-refractivity contribution is 0.128. The Morgan fingerprint density at radius 1 is 1.10 bits per heavy atom. The fourth-order valence-electron chi connectivity index (χ4n) is 2.23. The van der Waals surface area contributed by atoms with Gasteiger partial charge in [0, 0.05) is 33.3 Å². The number of nitrogens with zero attached hydrogens (tertiary/aromatic N) is 4. The number of methoxy groups -OCH3 is 1. The van der Waals surface area contributed by atoms with E-state index in [9.17, 15) is 0 Å². The number of aromatic nitrogens is 3. The molecule has 1 aliphatic heterocycles. The minimum atomic E-state index is 0.114. The standard InChI is InChI=1S/C14H26N6O/c1-4-15-12-17-13(16-10-11(2)21-3)19-14(18-12)20-8-6-5-7-9-20/h11H,4-10H2,1-3H3,(H2,15,16,17,18,19). The second kappa shape index (κ2) is 7.97. The summed E-state index contributed by atoms with van der Waals surface area (Å²) in [6.45, 7) is 7.53. The van der Waals surface area contributed by atoms with Crippen molar-refractivity contribution in [2.45, 2.75) is 39.2 Å². The van der Waals surface area contributed by atoms with Crippen LogP contribution in [0.3, 0.4) is 0 Å². The van der Waals surface area contributed by atoms with Crippen molar-refractivity contribution < 1.29 is 4.74 Å². The topological polar surface area (TPSA) is 75.2 Å². The molecule has 21 heavy (non-hydrogen) atoms. The van der Waals surface area contributed by atoms with Crippen molar-refractivity contribution >= 4 is 17.8 Å². The number of anilines is 3. The van der Waals surface area contributed by atoms with E-state index >= 15 is 0 Å². The molecule has 2 N–H and O–H groups in total. The molecule has 1 unspecified atom stereocenters. The third-order valence-electron chi connectivity index (χ3n) is 3.55. The Hall–Kier alpha value is -1.63. The SMILES string of the molecule is CCNc1nc(NCC(C)OC)nc(N2CCCCC2)n1. The second-order valence-corrected chi connectivity index (χ2v) is 5.29. The van der Waals surface area contributed by atoms with E-state index < -0.39 is 0 Å². The first-order valence-corrected chi connectivity index (χ1v) is 7.74. The van der Waals surface area contributed by atoms with Crippen LogP contribution in [0.4, 0.5) is 17.8 Å². The molecule has 1 aromatic heterocycles. The summed E-state index contributed by atoms with van der Waals surface area (Å²) < 4.78 is 5.24. The highest BCUT2D eigenvalue weighted by Crippen LogP contribution is 2.18. The smallest absolute Gasteiger partial charge is 0.231 e. The van der Waals surface area contributed by atoms with Gasteiger partial charge in [-0.05, 0) is 33.1 Å². The third-order valence-corrected chi connectivity index (χ3v) is 3.55. The van der Waals surface area contributed by atoms with Crippen molar-refractivity contribution in [2.75, 3.05) is 48.8 Å². The van der Waals surface area contributed by atoms with E-state index in [2.05, 4.69) is 30.5 Å². The van der Waals surface area contributed by atoms with Gasteiger partial charge in [0.15, 0.2) is 0 Å². The molecule has 0 aliphatic carbocycles. The van der Waals surface area contributed by atoms with Crippen molar-refractivity contribution in [2.24, 2.45) is 0 Å². The summed E-state index contributed by atoms with van der Waals surface area (Å²) in [4.78, 5) is 15.7. The van der Waals surface area contributed by atoms with Crippen LogP contribution in [0.15, 0.2) is 0 Å². The van der Waals surface area contributed by atoms with Crippen molar-refractivity contribution in [1.29, 1.82) is 0 Å². The number of rotatable bonds is 7. The van der Waals surface area contributed by atoms with Crippen molar-refractivity contribution in [1.82, 2.24) is 15.0 Å². The van der Waals surface area contributed by atoms with Gasteiger partial charge in [-0.3, -0.25) is 0 Å². The number of nitrogens with one attached hydrogen (secondary N) is 2. The molecular weight excluding hydrogens is 268 g/mol. The quantitative estimate of drug-likeness (QED) is 0.793. The van der Waals surface area contributed by atoms with E-state index in [4.69, 9.17) is 4.74 Å². The Morgan fingerprint density at radius 3 is 2.38 bits per heavy atom. The summed E-state index contributed by atoms with van der Waals surface area (Å²) >= 11 is 0. The molecule has 118 valence electrons. The minimum absolute atomic E-state index is 0.114. The van der Waals surface area contributed by atoms with Gasteiger partial charge in [-0.1, -0.05) is 0 Å². The van der Waals surface area contributed by atoms with Gasteiger partial charge in [0.2, 0.25) is 17.8 Å². The molecule has 2 rings (SSSR count). The van der Waals surface area contributed by atoms with E-state index in [1.807, 2.05) is 13.8 Å². The van der Waals surface area contributed by atoms with Gasteiger partial charge >= 0.3 is 0 Å². The van der Waals surface area contributed by atoms with Crippen molar-refractivity contribution in [3.05, 3.63) is 0 Å². The molecule has 1 aliphatic rings. The number of ether oxygens (including phenoxy) is 1. The lowest BCUT2D eigenvalue weighted by Gasteiger charge is -2.27. The largest absolute Gasteiger partial charge is 0.380 e. The molecule has 0 amide bonds. The molecule has 1 fully saturated rings. The van der Waals surface area contributed by atoms with Crippen LogP contribution >= 0.6 is 0 Å². The first kappa shape index (κ1) is 15.8. The number of hydrogen-bond acceptors (Lipinski definition) is 7. The lowest BCUT2D eigenvalue weighted by Crippen LogP contribution is -2.31. The maximum atomic E-state index is 5.24. The molecule has 0 spiro atoms. The zero-order valence-electron chi connectivity index (χ0n) is 13.2. The van der Waals surface area contributed by atoms with E-state index in [-0.39, 0.29) is 6.10 Å². The molecule has 0 radical (unpaired) electrons. The van der Waals surface area contributed by atoms with Crippen LogP contribution < -0.4 is 15.5 Å². The van der Waals surface area contributed by atoms with Crippen LogP contribution in [0, 0.1) is 0 Å². The lowest BCUT2D eigenvalue weighted by atomic mass is 10.1. The van der Waals surface area contributed by atoms with Gasteiger partial charge in [-0.15, -0.1) is 0 Å². The Bertz CT molecular complexity index is 435. The Balaban J connectivity index is 2.12. The fourth-order valence-corrected chi connectivity index (χ4v) is 2.23. The van der Waals surface area contributed by atoms with Gasteiger partial charge in [-0.2, -0.15) is 15.0 Å². The van der Waals surface area contributed by atoms with Crippen molar-refractivity contribution in [3.8, 4) is 0 Å². The molecule has 1 atom stereocenters. The summed E-state index contributed by atoms with van der Waals surface area (Å²) in [5, 5.41) is 6.39. The average Bonchev–Trinajstić information content (AvgIpc) is 2.53. The van der Waals surface area contributed by atoms with Crippen LogP contribution in [-0.2, 0) is 4.74 Å². The highest BCUT2D eigenvalue weighted by molar-refractivity contribution is 5.44. The predicted octanol–water partition coefficient (Wildman–Crippen LogP) is 1.74. The normalized spacial score (nSPS) is 16.6. The van der Waals surface area contributed by atoms with E-state index in [1.165, 1.54) is 19.3 Å². The predicted molar refractivity (Wildman–Crippen MR) is 85.0 cm³/mol. The van der Waals surface area contributed by atoms with E-state index in [0.717, 1.165) is 25.6 Å². The zero-order valence-corrected chi connectivity index (χ0v) is 13.2. The monoisotopic (exact) mass is 294 g/mol. The summed E-state index contributed by atoms with van der Waals surface area (Å²) in [6, 6.07) is 0. The average molecular weight is 294 g/mol. The van der Waals surface area contributed by atoms with Crippen LogP contribution in [-0.4, -0.2) is 54.3 Å².